The Labute approximate surface area is 170 Å². The molecular weight excluding hydrogens is 368 g/mol. The zero-order valence-electron chi connectivity index (χ0n) is 17.4. The van der Waals surface area contributed by atoms with Gasteiger partial charge in [-0.1, -0.05) is 19.1 Å². The lowest BCUT2D eigenvalue weighted by Gasteiger charge is -2.43. The number of para-hydroxylation sites is 1. The van der Waals surface area contributed by atoms with Crippen molar-refractivity contribution >= 4 is 22.7 Å². The highest BCUT2D eigenvalue weighted by Crippen LogP contribution is 2.23. The number of likely N-dealkylation sites (tertiary alicyclic amines) is 1. The van der Waals surface area contributed by atoms with Crippen LogP contribution < -0.4 is 16.1 Å². The van der Waals surface area contributed by atoms with Gasteiger partial charge < -0.3 is 15.6 Å². The molecule has 1 fully saturated rings. The first-order valence-electron chi connectivity index (χ1n) is 10.2. The predicted molar refractivity (Wildman–Crippen MR) is 114 cm³/mol. The van der Waals surface area contributed by atoms with Crippen molar-refractivity contribution in [1.29, 1.82) is 0 Å². The molecule has 0 bridgehead atoms. The lowest BCUT2D eigenvalue weighted by Crippen LogP contribution is -2.55. The Kier molecular flexibility index (Phi) is 6.37. The summed E-state index contributed by atoms with van der Waals surface area (Å²) in [6, 6.07) is 7.00. The van der Waals surface area contributed by atoms with Gasteiger partial charge >= 0.3 is 0 Å². The number of nitrogens with zero attached hydrogens (tertiary/aromatic N) is 1. The van der Waals surface area contributed by atoms with Crippen molar-refractivity contribution in [2.75, 3.05) is 26.2 Å². The number of amides is 2. The molecule has 0 radical (unpaired) electrons. The van der Waals surface area contributed by atoms with Gasteiger partial charge in [0.2, 0.25) is 11.3 Å². The number of hydrogen-bond acceptors (Lipinski definition) is 4. The summed E-state index contributed by atoms with van der Waals surface area (Å²) in [5.74, 6) is -0.164. The second kappa shape index (κ2) is 8.78. The van der Waals surface area contributed by atoms with E-state index in [1.165, 1.54) is 19.0 Å². The van der Waals surface area contributed by atoms with Gasteiger partial charge in [0.05, 0.1) is 6.54 Å². The predicted octanol–water partition coefficient (Wildman–Crippen LogP) is 1.88. The summed E-state index contributed by atoms with van der Waals surface area (Å²) in [5.41, 5.74) is 0.168. The first-order chi connectivity index (χ1) is 13.8. The molecule has 0 aliphatic carbocycles. The molecule has 1 aromatic heterocycles. The van der Waals surface area contributed by atoms with Gasteiger partial charge in [-0.05, 0) is 51.3 Å². The molecule has 7 nitrogen and oxygen atoms in total. The number of carbonyl (C=O) groups excluding carboxylic acids is 2. The molecule has 1 aliphatic rings. The topological polar surface area (TPSA) is 94.3 Å². The summed E-state index contributed by atoms with van der Waals surface area (Å²) in [7, 11) is 0. The van der Waals surface area contributed by atoms with E-state index in [-0.39, 0.29) is 29.0 Å². The van der Waals surface area contributed by atoms with E-state index in [1.54, 1.807) is 18.2 Å². The van der Waals surface area contributed by atoms with Gasteiger partial charge in [0.15, 0.2) is 0 Å². The summed E-state index contributed by atoms with van der Waals surface area (Å²) in [4.78, 5) is 42.5. The van der Waals surface area contributed by atoms with Crippen LogP contribution in [0.5, 0.6) is 0 Å². The summed E-state index contributed by atoms with van der Waals surface area (Å²) in [6.45, 7) is 8.91. The third-order valence-electron chi connectivity index (χ3n) is 5.67. The second-order valence-corrected chi connectivity index (χ2v) is 8.54. The molecule has 3 rings (SSSR count). The number of piperidine rings is 1. The van der Waals surface area contributed by atoms with Gasteiger partial charge in [-0.3, -0.25) is 19.3 Å². The van der Waals surface area contributed by atoms with Crippen molar-refractivity contribution < 1.29 is 9.59 Å². The van der Waals surface area contributed by atoms with Crippen LogP contribution in [0.2, 0.25) is 0 Å². The number of aromatic amines is 1. The number of fused-ring (bicyclic) bond motifs is 1. The Bertz CT molecular complexity index is 950. The molecule has 156 valence electrons. The molecule has 0 saturated carbocycles. The van der Waals surface area contributed by atoms with Crippen molar-refractivity contribution in [3.63, 3.8) is 0 Å². The van der Waals surface area contributed by atoms with E-state index in [9.17, 15) is 14.4 Å². The number of pyridine rings is 1. The Morgan fingerprint density at radius 3 is 2.76 bits per heavy atom. The number of nitrogens with one attached hydrogen (secondary N) is 3. The van der Waals surface area contributed by atoms with E-state index in [4.69, 9.17) is 0 Å². The monoisotopic (exact) mass is 398 g/mol. The molecule has 1 aliphatic heterocycles. The number of hydrogen-bond donors (Lipinski definition) is 3. The fourth-order valence-corrected chi connectivity index (χ4v) is 3.82. The minimum Gasteiger partial charge on any atom is -0.360 e. The van der Waals surface area contributed by atoms with Gasteiger partial charge in [-0.15, -0.1) is 0 Å². The number of H-pyrrole nitrogens is 1. The normalized spacial score (nSPS) is 17.8. The van der Waals surface area contributed by atoms with Crippen LogP contribution in [0.1, 0.15) is 44.0 Å². The fraction of sp³-hybridized carbons (Fsp3) is 0.500. The molecular formula is C22H30N4O3. The molecule has 1 unspecified atom stereocenters. The van der Waals surface area contributed by atoms with E-state index in [1.807, 2.05) is 6.07 Å². The van der Waals surface area contributed by atoms with E-state index in [0.717, 1.165) is 13.1 Å². The molecule has 2 aromatic rings. The van der Waals surface area contributed by atoms with E-state index in [2.05, 4.69) is 41.3 Å². The van der Waals surface area contributed by atoms with Crippen LogP contribution in [-0.2, 0) is 4.79 Å². The van der Waals surface area contributed by atoms with Gasteiger partial charge in [-0.25, -0.2) is 0 Å². The molecule has 3 N–H and O–H groups in total. The third kappa shape index (κ3) is 5.03. The minimum atomic E-state index is -0.559. The Morgan fingerprint density at radius 2 is 2.00 bits per heavy atom. The van der Waals surface area contributed by atoms with Crippen molar-refractivity contribution in [2.24, 2.45) is 5.92 Å². The largest absolute Gasteiger partial charge is 0.360 e. The number of benzene rings is 1. The average Bonchev–Trinajstić information content (AvgIpc) is 2.71. The third-order valence-corrected chi connectivity index (χ3v) is 5.67. The van der Waals surface area contributed by atoms with Crippen LogP contribution in [0.3, 0.4) is 0 Å². The Balaban J connectivity index is 1.53. The van der Waals surface area contributed by atoms with Crippen LogP contribution in [0.25, 0.3) is 10.9 Å². The van der Waals surface area contributed by atoms with E-state index >= 15 is 0 Å². The quantitative estimate of drug-likeness (QED) is 0.693. The van der Waals surface area contributed by atoms with Gasteiger partial charge in [-0.2, -0.15) is 0 Å². The van der Waals surface area contributed by atoms with Crippen molar-refractivity contribution in [1.82, 2.24) is 20.5 Å². The van der Waals surface area contributed by atoms with Crippen molar-refractivity contribution in [2.45, 2.75) is 39.2 Å². The van der Waals surface area contributed by atoms with Crippen LogP contribution in [0, 0.1) is 5.92 Å². The molecule has 1 atom stereocenters. The molecule has 1 aromatic carbocycles. The summed E-state index contributed by atoms with van der Waals surface area (Å²) in [5, 5.41) is 5.89. The number of carbonyl (C=O) groups is 2. The summed E-state index contributed by atoms with van der Waals surface area (Å²) >= 11 is 0. The fourth-order valence-electron chi connectivity index (χ4n) is 3.82. The maximum atomic E-state index is 12.5. The maximum Gasteiger partial charge on any atom is 0.257 e. The molecule has 2 amide bonds. The maximum absolute atomic E-state index is 12.5. The lowest BCUT2D eigenvalue weighted by atomic mass is 9.93. The van der Waals surface area contributed by atoms with Crippen LogP contribution in [0.4, 0.5) is 0 Å². The average molecular weight is 399 g/mol. The highest BCUT2D eigenvalue weighted by molar-refractivity contribution is 5.98. The van der Waals surface area contributed by atoms with Gasteiger partial charge in [0, 0.05) is 35.7 Å². The molecule has 7 heteroatoms. The minimum absolute atomic E-state index is 0.000802. The van der Waals surface area contributed by atoms with Crippen molar-refractivity contribution in [3.8, 4) is 0 Å². The second-order valence-electron chi connectivity index (χ2n) is 8.54. The van der Waals surface area contributed by atoms with Crippen LogP contribution in [-0.4, -0.2) is 53.4 Å². The highest BCUT2D eigenvalue weighted by atomic mass is 16.2. The first kappa shape index (κ1) is 21.0. The smallest absolute Gasteiger partial charge is 0.257 e. The van der Waals surface area contributed by atoms with Gasteiger partial charge in [0.1, 0.15) is 5.56 Å². The molecule has 0 spiro atoms. The SMILES string of the molecule is CC1CCCN(C(C)(C)CNC(=O)CNC(=O)c2c[nH]c3ccccc3c2=O)C1. The molecule has 2 heterocycles. The highest BCUT2D eigenvalue weighted by Gasteiger charge is 2.30. The van der Waals surface area contributed by atoms with Crippen molar-refractivity contribution in [3.05, 3.63) is 46.2 Å². The van der Waals surface area contributed by atoms with Gasteiger partial charge in [0.25, 0.3) is 5.91 Å². The number of aromatic nitrogens is 1. The van der Waals surface area contributed by atoms with E-state index in [0.29, 0.717) is 23.4 Å². The standard InChI is InChI=1S/C22H30N4O3/c1-15-7-6-10-26(13-15)22(2,3)14-25-19(27)12-24-21(29)17-11-23-18-9-5-4-8-16(18)20(17)28/h4-5,8-9,11,15H,6-7,10,12-14H2,1-3H3,(H,23,28)(H,24,29)(H,25,27). The first-order valence-corrected chi connectivity index (χ1v) is 10.2. The Morgan fingerprint density at radius 1 is 1.24 bits per heavy atom. The Hall–Kier alpha value is -2.67. The van der Waals surface area contributed by atoms with E-state index < -0.39 is 5.91 Å². The number of rotatable bonds is 6. The zero-order chi connectivity index (χ0) is 21.0. The molecule has 1 saturated heterocycles. The zero-order valence-corrected chi connectivity index (χ0v) is 17.4. The van der Waals surface area contributed by atoms with Crippen LogP contribution >= 0.6 is 0 Å². The van der Waals surface area contributed by atoms with Crippen LogP contribution in [0.15, 0.2) is 35.3 Å². The lowest BCUT2D eigenvalue weighted by molar-refractivity contribution is -0.120. The summed E-state index contributed by atoms with van der Waals surface area (Å²) in [6.07, 6.45) is 3.81. The molecule has 29 heavy (non-hydrogen) atoms. The summed E-state index contributed by atoms with van der Waals surface area (Å²) < 4.78 is 0.